The number of nitrogens with one attached hydrogen (secondary N) is 2. The maximum atomic E-state index is 12.2. The third kappa shape index (κ3) is 4.64. The normalized spacial score (nSPS) is 11.4. The zero-order chi connectivity index (χ0) is 18.4. The minimum atomic E-state index is -0.814. The number of halogens is 1. The van der Waals surface area contributed by atoms with Crippen molar-refractivity contribution in [3.63, 3.8) is 0 Å². The first-order valence-electron chi connectivity index (χ1n) is 7.54. The van der Waals surface area contributed by atoms with E-state index < -0.39 is 11.8 Å². The van der Waals surface area contributed by atoms with Crippen molar-refractivity contribution in [2.75, 3.05) is 19.5 Å². The van der Waals surface area contributed by atoms with Crippen LogP contribution in [0, 0.1) is 0 Å². The molecule has 1 unspecified atom stereocenters. The van der Waals surface area contributed by atoms with Crippen LogP contribution in [0.2, 0.25) is 5.02 Å². The van der Waals surface area contributed by atoms with Crippen molar-refractivity contribution in [3.8, 4) is 11.5 Å². The van der Waals surface area contributed by atoms with Gasteiger partial charge >= 0.3 is 11.8 Å². The highest BCUT2D eigenvalue weighted by molar-refractivity contribution is 6.40. The molecule has 0 aromatic heterocycles. The summed E-state index contributed by atoms with van der Waals surface area (Å²) in [6.07, 6.45) is 0. The number of ether oxygens (including phenoxy) is 2. The maximum absolute atomic E-state index is 12.2. The summed E-state index contributed by atoms with van der Waals surface area (Å²) in [5.41, 5.74) is 1.19. The van der Waals surface area contributed by atoms with Crippen LogP contribution in [0.4, 0.5) is 5.69 Å². The van der Waals surface area contributed by atoms with E-state index in [0.717, 1.165) is 5.56 Å². The van der Waals surface area contributed by atoms with Gasteiger partial charge in [0.1, 0.15) is 11.5 Å². The van der Waals surface area contributed by atoms with E-state index >= 15 is 0 Å². The lowest BCUT2D eigenvalue weighted by Gasteiger charge is -2.15. The summed E-state index contributed by atoms with van der Waals surface area (Å²) >= 11 is 6.02. The van der Waals surface area contributed by atoms with Gasteiger partial charge in [-0.3, -0.25) is 9.59 Å². The molecule has 2 N–H and O–H groups in total. The summed E-state index contributed by atoms with van der Waals surface area (Å²) in [5, 5.41) is 5.48. The van der Waals surface area contributed by atoms with Crippen molar-refractivity contribution >= 4 is 29.1 Å². The Bertz CT molecular complexity index is 765. The second kappa shape index (κ2) is 8.39. The highest BCUT2D eigenvalue weighted by Gasteiger charge is 2.19. The molecular formula is C18H19ClN2O4. The van der Waals surface area contributed by atoms with Crippen LogP contribution < -0.4 is 20.1 Å². The standard InChI is InChI=1S/C18H19ClN2O4/c1-11(12-7-5-4-6-8-12)20-17(22)18(23)21-14-10-15(24-2)13(19)9-16(14)25-3/h4-11H,1-3H3,(H,20,22)(H,21,23). The fraction of sp³-hybridized carbons (Fsp3) is 0.222. The number of hydrogen-bond donors (Lipinski definition) is 2. The Kier molecular flexibility index (Phi) is 6.25. The van der Waals surface area contributed by atoms with Gasteiger partial charge in [0.05, 0.1) is 31.0 Å². The molecule has 0 aliphatic heterocycles. The fourth-order valence-electron chi connectivity index (χ4n) is 2.22. The summed E-state index contributed by atoms with van der Waals surface area (Å²) in [6, 6.07) is 12.0. The fourth-order valence-corrected chi connectivity index (χ4v) is 2.46. The van der Waals surface area contributed by atoms with Gasteiger partial charge in [0, 0.05) is 12.1 Å². The van der Waals surface area contributed by atoms with E-state index in [1.54, 1.807) is 6.92 Å². The van der Waals surface area contributed by atoms with Crippen molar-refractivity contribution in [1.82, 2.24) is 5.32 Å². The van der Waals surface area contributed by atoms with Crippen LogP contribution in [0.15, 0.2) is 42.5 Å². The minimum absolute atomic E-state index is 0.288. The molecule has 0 fully saturated rings. The zero-order valence-electron chi connectivity index (χ0n) is 14.1. The lowest BCUT2D eigenvalue weighted by Crippen LogP contribution is -2.37. The zero-order valence-corrected chi connectivity index (χ0v) is 14.9. The summed E-state index contributed by atoms with van der Waals surface area (Å²) in [7, 11) is 2.89. The second-order valence-corrected chi connectivity index (χ2v) is 5.65. The highest BCUT2D eigenvalue weighted by Crippen LogP contribution is 2.35. The van der Waals surface area contributed by atoms with Crippen molar-refractivity contribution in [3.05, 3.63) is 53.1 Å². The molecular weight excluding hydrogens is 344 g/mol. The predicted octanol–water partition coefficient (Wildman–Crippen LogP) is 3.17. The minimum Gasteiger partial charge on any atom is -0.495 e. The van der Waals surface area contributed by atoms with Crippen molar-refractivity contribution in [1.29, 1.82) is 0 Å². The molecule has 0 aliphatic rings. The van der Waals surface area contributed by atoms with Crippen molar-refractivity contribution in [2.24, 2.45) is 0 Å². The summed E-state index contributed by atoms with van der Waals surface area (Å²) in [6.45, 7) is 1.80. The molecule has 0 aliphatic carbocycles. The van der Waals surface area contributed by atoms with Gasteiger partial charge in [-0.2, -0.15) is 0 Å². The molecule has 132 valence electrons. The van der Waals surface area contributed by atoms with Gasteiger partial charge in [0.2, 0.25) is 0 Å². The molecule has 0 saturated heterocycles. The number of carbonyl (C=O) groups is 2. The average Bonchev–Trinajstić information content (AvgIpc) is 2.63. The van der Waals surface area contributed by atoms with Crippen LogP contribution >= 0.6 is 11.6 Å². The molecule has 2 amide bonds. The van der Waals surface area contributed by atoms with Crippen LogP contribution in [0.1, 0.15) is 18.5 Å². The van der Waals surface area contributed by atoms with E-state index in [-0.39, 0.29) is 11.7 Å². The molecule has 0 radical (unpaired) electrons. The first kappa shape index (κ1) is 18.6. The summed E-state index contributed by atoms with van der Waals surface area (Å²) < 4.78 is 10.3. The Morgan fingerprint density at radius 1 is 1.00 bits per heavy atom. The molecule has 1 atom stereocenters. The Morgan fingerprint density at radius 2 is 1.64 bits per heavy atom. The summed E-state index contributed by atoms with van der Waals surface area (Å²) in [5.74, 6) is -0.892. The maximum Gasteiger partial charge on any atom is 0.313 e. The first-order chi connectivity index (χ1) is 12.0. The van der Waals surface area contributed by atoms with Gasteiger partial charge < -0.3 is 20.1 Å². The second-order valence-electron chi connectivity index (χ2n) is 5.25. The van der Waals surface area contributed by atoms with Gasteiger partial charge in [-0.05, 0) is 12.5 Å². The van der Waals surface area contributed by atoms with E-state index in [0.29, 0.717) is 16.5 Å². The van der Waals surface area contributed by atoms with Crippen LogP contribution in [0.25, 0.3) is 0 Å². The third-order valence-electron chi connectivity index (χ3n) is 3.58. The number of anilines is 1. The van der Waals surface area contributed by atoms with E-state index in [2.05, 4.69) is 10.6 Å². The number of carbonyl (C=O) groups excluding carboxylic acids is 2. The van der Waals surface area contributed by atoms with Crippen molar-refractivity contribution in [2.45, 2.75) is 13.0 Å². The quantitative estimate of drug-likeness (QED) is 0.801. The number of benzene rings is 2. The summed E-state index contributed by atoms with van der Waals surface area (Å²) in [4.78, 5) is 24.3. The molecule has 0 spiro atoms. The van der Waals surface area contributed by atoms with Crippen molar-refractivity contribution < 1.29 is 19.1 Å². The molecule has 2 aromatic rings. The van der Waals surface area contributed by atoms with Crippen LogP contribution in [0.3, 0.4) is 0 Å². The predicted molar refractivity (Wildman–Crippen MR) is 96.2 cm³/mol. The SMILES string of the molecule is COc1cc(NC(=O)C(=O)NC(C)c2ccccc2)c(OC)cc1Cl. The van der Waals surface area contributed by atoms with Gasteiger partial charge in [0.25, 0.3) is 0 Å². The number of rotatable bonds is 5. The number of hydrogen-bond acceptors (Lipinski definition) is 4. The molecule has 6 nitrogen and oxygen atoms in total. The largest absolute Gasteiger partial charge is 0.495 e. The van der Waals surface area contributed by atoms with E-state index in [9.17, 15) is 9.59 Å². The molecule has 25 heavy (non-hydrogen) atoms. The highest BCUT2D eigenvalue weighted by atomic mass is 35.5. The van der Waals surface area contributed by atoms with E-state index in [4.69, 9.17) is 21.1 Å². The number of methoxy groups -OCH3 is 2. The molecule has 2 aromatic carbocycles. The smallest absolute Gasteiger partial charge is 0.313 e. The third-order valence-corrected chi connectivity index (χ3v) is 3.87. The Labute approximate surface area is 151 Å². The Hall–Kier alpha value is -2.73. The Balaban J connectivity index is 2.10. The molecule has 0 heterocycles. The monoisotopic (exact) mass is 362 g/mol. The van der Waals surface area contributed by atoms with E-state index in [1.165, 1.54) is 26.4 Å². The first-order valence-corrected chi connectivity index (χ1v) is 7.92. The lowest BCUT2D eigenvalue weighted by molar-refractivity contribution is -0.136. The van der Waals surface area contributed by atoms with Crippen LogP contribution in [-0.4, -0.2) is 26.0 Å². The van der Waals surface area contributed by atoms with Gasteiger partial charge in [-0.25, -0.2) is 0 Å². The van der Waals surface area contributed by atoms with Gasteiger partial charge in [0.15, 0.2) is 0 Å². The van der Waals surface area contributed by atoms with Gasteiger partial charge in [-0.15, -0.1) is 0 Å². The molecule has 7 heteroatoms. The molecule has 0 saturated carbocycles. The number of amides is 2. The molecule has 2 rings (SSSR count). The molecule has 0 bridgehead atoms. The van der Waals surface area contributed by atoms with Crippen LogP contribution in [-0.2, 0) is 9.59 Å². The lowest BCUT2D eigenvalue weighted by atomic mass is 10.1. The van der Waals surface area contributed by atoms with Gasteiger partial charge in [-0.1, -0.05) is 41.9 Å². The van der Waals surface area contributed by atoms with E-state index in [1.807, 2.05) is 30.3 Å². The van der Waals surface area contributed by atoms with Crippen LogP contribution in [0.5, 0.6) is 11.5 Å². The topological polar surface area (TPSA) is 76.7 Å². The Morgan fingerprint density at radius 3 is 2.24 bits per heavy atom. The average molecular weight is 363 g/mol.